The lowest BCUT2D eigenvalue weighted by molar-refractivity contribution is 0.0778. The molecule has 2 aromatic rings. The summed E-state index contributed by atoms with van der Waals surface area (Å²) in [5.74, 6) is 1.99. The molecule has 0 N–H and O–H groups in total. The molecular weight excluding hydrogens is 286 g/mol. The molecule has 0 radical (unpaired) electrons. The first kappa shape index (κ1) is 13.4. The Balaban J connectivity index is 1.40. The van der Waals surface area contributed by atoms with Crippen molar-refractivity contribution in [3.8, 4) is 0 Å². The van der Waals surface area contributed by atoms with E-state index in [-0.39, 0.29) is 0 Å². The van der Waals surface area contributed by atoms with E-state index in [0.29, 0.717) is 5.92 Å². The molecule has 0 unspecified atom stereocenters. The van der Waals surface area contributed by atoms with E-state index in [1.807, 2.05) is 11.3 Å². The van der Waals surface area contributed by atoms with Crippen LogP contribution >= 0.6 is 11.3 Å². The van der Waals surface area contributed by atoms with Crippen LogP contribution in [0.2, 0.25) is 0 Å². The van der Waals surface area contributed by atoms with Crippen molar-refractivity contribution < 1.29 is 9.26 Å². The van der Waals surface area contributed by atoms with Crippen molar-refractivity contribution in [1.82, 2.24) is 15.0 Å². The lowest BCUT2D eigenvalue weighted by Crippen LogP contribution is -2.29. The maximum atomic E-state index is 5.46. The fourth-order valence-corrected chi connectivity index (χ4v) is 3.97. The van der Waals surface area contributed by atoms with Gasteiger partial charge in [-0.1, -0.05) is 5.16 Å². The monoisotopic (exact) mass is 305 g/mol. The van der Waals surface area contributed by atoms with Crippen LogP contribution < -0.4 is 0 Å². The quantitative estimate of drug-likeness (QED) is 0.872. The highest BCUT2D eigenvalue weighted by Gasteiger charge is 2.23. The summed E-state index contributed by atoms with van der Waals surface area (Å²) in [5, 5.41) is 6.35. The zero-order chi connectivity index (χ0) is 14.1. The van der Waals surface area contributed by atoms with Crippen molar-refractivity contribution in [2.75, 3.05) is 19.8 Å². The summed E-state index contributed by atoms with van der Waals surface area (Å²) in [6.45, 7) is 4.46. The van der Waals surface area contributed by atoms with Gasteiger partial charge < -0.3 is 9.26 Å². The predicted octanol–water partition coefficient (Wildman–Crippen LogP) is 2.58. The molecule has 0 bridgehead atoms. The van der Waals surface area contributed by atoms with E-state index < -0.39 is 0 Å². The molecule has 1 fully saturated rings. The standard InChI is InChI=1S/C15H19N3O2S/c1-5-18(9-12-4-8-21-13(1)12)10-14-16-15(20-17-14)11-2-6-19-7-3-11/h4,8,11H,1-3,5-7,9-10H2. The van der Waals surface area contributed by atoms with Gasteiger partial charge in [-0.2, -0.15) is 4.98 Å². The minimum atomic E-state index is 0.379. The van der Waals surface area contributed by atoms with Gasteiger partial charge in [-0.15, -0.1) is 11.3 Å². The SMILES string of the molecule is c1cc2c(s1)CCN(Cc1noc(C3CCOCC3)n1)C2. The molecule has 0 aromatic carbocycles. The third-order valence-electron chi connectivity index (χ3n) is 4.31. The predicted molar refractivity (Wildman–Crippen MR) is 79.2 cm³/mol. The fraction of sp³-hybridized carbons (Fsp3) is 0.600. The van der Waals surface area contributed by atoms with Gasteiger partial charge in [0.2, 0.25) is 5.89 Å². The second-order valence-corrected chi connectivity index (χ2v) is 6.77. The molecule has 0 aliphatic carbocycles. The zero-order valence-electron chi connectivity index (χ0n) is 12.0. The van der Waals surface area contributed by atoms with Gasteiger partial charge in [-0.3, -0.25) is 4.90 Å². The van der Waals surface area contributed by atoms with Crippen LogP contribution in [0.15, 0.2) is 16.0 Å². The maximum Gasteiger partial charge on any atom is 0.229 e. The number of fused-ring (bicyclic) bond motifs is 1. The van der Waals surface area contributed by atoms with Gasteiger partial charge in [0.25, 0.3) is 0 Å². The van der Waals surface area contributed by atoms with E-state index in [0.717, 1.165) is 63.8 Å². The Hall–Kier alpha value is -1.24. The van der Waals surface area contributed by atoms with Crippen LogP contribution in [0.4, 0.5) is 0 Å². The summed E-state index contributed by atoms with van der Waals surface area (Å²) in [6.07, 6.45) is 3.12. The smallest absolute Gasteiger partial charge is 0.229 e. The highest BCUT2D eigenvalue weighted by atomic mass is 32.1. The van der Waals surface area contributed by atoms with Crippen LogP contribution in [0, 0.1) is 0 Å². The molecule has 0 amide bonds. The minimum absolute atomic E-state index is 0.379. The summed E-state index contributed by atoms with van der Waals surface area (Å²) in [7, 11) is 0. The van der Waals surface area contributed by atoms with E-state index in [4.69, 9.17) is 9.26 Å². The van der Waals surface area contributed by atoms with Crippen molar-refractivity contribution in [2.45, 2.75) is 38.3 Å². The second kappa shape index (κ2) is 5.87. The molecule has 2 aliphatic rings. The number of rotatable bonds is 3. The number of aromatic nitrogens is 2. The van der Waals surface area contributed by atoms with Gasteiger partial charge in [0.1, 0.15) is 0 Å². The highest BCUT2D eigenvalue weighted by Crippen LogP contribution is 2.27. The van der Waals surface area contributed by atoms with Crippen molar-refractivity contribution in [1.29, 1.82) is 0 Å². The Labute approximate surface area is 127 Å². The Morgan fingerprint density at radius 1 is 1.33 bits per heavy atom. The van der Waals surface area contributed by atoms with Gasteiger partial charge in [-0.25, -0.2) is 0 Å². The van der Waals surface area contributed by atoms with Gasteiger partial charge in [-0.05, 0) is 36.3 Å². The average molecular weight is 305 g/mol. The molecule has 6 heteroatoms. The number of ether oxygens (including phenoxy) is 1. The van der Waals surface area contributed by atoms with Gasteiger partial charge in [0, 0.05) is 37.1 Å². The summed E-state index contributed by atoms with van der Waals surface area (Å²) < 4.78 is 10.8. The van der Waals surface area contributed by atoms with E-state index in [1.54, 1.807) is 0 Å². The highest BCUT2D eigenvalue weighted by molar-refractivity contribution is 7.10. The lowest BCUT2D eigenvalue weighted by Gasteiger charge is -2.25. The van der Waals surface area contributed by atoms with Crippen molar-refractivity contribution >= 4 is 11.3 Å². The van der Waals surface area contributed by atoms with Crippen LogP contribution in [0.1, 0.15) is 40.9 Å². The lowest BCUT2D eigenvalue weighted by atomic mass is 10.0. The largest absolute Gasteiger partial charge is 0.381 e. The zero-order valence-corrected chi connectivity index (χ0v) is 12.8. The van der Waals surface area contributed by atoms with Crippen LogP contribution in [0.3, 0.4) is 0 Å². The van der Waals surface area contributed by atoms with E-state index in [9.17, 15) is 0 Å². The van der Waals surface area contributed by atoms with Crippen molar-refractivity contribution in [2.24, 2.45) is 0 Å². The second-order valence-electron chi connectivity index (χ2n) is 5.77. The van der Waals surface area contributed by atoms with E-state index in [1.165, 1.54) is 10.4 Å². The maximum absolute atomic E-state index is 5.46. The molecular formula is C15H19N3O2S. The molecule has 2 aliphatic heterocycles. The number of thiophene rings is 1. The number of hydrogen-bond acceptors (Lipinski definition) is 6. The first-order chi connectivity index (χ1) is 10.4. The molecule has 0 atom stereocenters. The molecule has 0 saturated carbocycles. The van der Waals surface area contributed by atoms with Crippen LogP contribution in [0.25, 0.3) is 0 Å². The molecule has 21 heavy (non-hydrogen) atoms. The van der Waals surface area contributed by atoms with Crippen molar-refractivity contribution in [3.05, 3.63) is 33.6 Å². The summed E-state index contributed by atoms with van der Waals surface area (Å²) in [5.41, 5.74) is 1.46. The van der Waals surface area contributed by atoms with Crippen LogP contribution in [-0.4, -0.2) is 34.8 Å². The van der Waals surface area contributed by atoms with Crippen molar-refractivity contribution in [3.63, 3.8) is 0 Å². The fourth-order valence-electron chi connectivity index (χ4n) is 3.08. The first-order valence-corrected chi connectivity index (χ1v) is 8.44. The molecule has 4 heterocycles. The number of hydrogen-bond donors (Lipinski definition) is 0. The van der Waals surface area contributed by atoms with Gasteiger partial charge in [0.05, 0.1) is 6.54 Å². The Morgan fingerprint density at radius 2 is 2.24 bits per heavy atom. The Bertz CT molecular complexity index is 604. The summed E-state index contributed by atoms with van der Waals surface area (Å²) in [6, 6.07) is 2.23. The minimum Gasteiger partial charge on any atom is -0.381 e. The van der Waals surface area contributed by atoms with E-state index in [2.05, 4.69) is 26.5 Å². The van der Waals surface area contributed by atoms with Gasteiger partial charge >= 0.3 is 0 Å². The normalized spacial score (nSPS) is 20.6. The summed E-state index contributed by atoms with van der Waals surface area (Å²) in [4.78, 5) is 8.53. The molecule has 1 saturated heterocycles. The molecule has 0 spiro atoms. The topological polar surface area (TPSA) is 51.4 Å². The molecule has 112 valence electrons. The summed E-state index contributed by atoms with van der Waals surface area (Å²) >= 11 is 1.87. The molecule has 4 rings (SSSR count). The number of nitrogens with zero attached hydrogens (tertiary/aromatic N) is 3. The van der Waals surface area contributed by atoms with Crippen LogP contribution in [0.5, 0.6) is 0 Å². The van der Waals surface area contributed by atoms with Gasteiger partial charge in [0.15, 0.2) is 5.82 Å². The average Bonchev–Trinajstić information content (AvgIpc) is 3.17. The van der Waals surface area contributed by atoms with E-state index >= 15 is 0 Å². The van der Waals surface area contributed by atoms with Crippen LogP contribution in [-0.2, 0) is 24.2 Å². The molecule has 2 aromatic heterocycles. The first-order valence-electron chi connectivity index (χ1n) is 7.56. The Kier molecular flexibility index (Phi) is 3.75. The Morgan fingerprint density at radius 3 is 3.14 bits per heavy atom. The third kappa shape index (κ3) is 2.88. The molecule has 5 nitrogen and oxygen atoms in total. The third-order valence-corrected chi connectivity index (χ3v) is 5.33.